The summed E-state index contributed by atoms with van der Waals surface area (Å²) in [6, 6.07) is 1.44. The number of hydrogen-bond donors (Lipinski definition) is 3. The summed E-state index contributed by atoms with van der Waals surface area (Å²) in [5.74, 6) is -0.502. The number of aliphatic carboxylic acids is 1. The Balaban J connectivity index is 1.51. The summed E-state index contributed by atoms with van der Waals surface area (Å²) in [5.41, 5.74) is 3.38. The number of halogens is 1. The van der Waals surface area contributed by atoms with Crippen molar-refractivity contribution in [1.82, 2.24) is 29.6 Å². The number of pyridine rings is 1. The fourth-order valence-corrected chi connectivity index (χ4v) is 7.50. The fourth-order valence-electron chi connectivity index (χ4n) is 4.87. The molecule has 0 spiro atoms. The molecule has 1 aliphatic heterocycles. The molecule has 2 aliphatic carbocycles. The van der Waals surface area contributed by atoms with Gasteiger partial charge < -0.3 is 0 Å². The van der Waals surface area contributed by atoms with E-state index in [2.05, 4.69) is 48.7 Å². The molecule has 0 radical (unpaired) electrons. The molecule has 6 rings (SSSR count). The van der Waals surface area contributed by atoms with Gasteiger partial charge in [0.25, 0.3) is 0 Å². The van der Waals surface area contributed by atoms with Crippen LogP contribution >= 0.6 is 11.9 Å². The summed E-state index contributed by atoms with van der Waals surface area (Å²) in [7, 11) is 0. The van der Waals surface area contributed by atoms with Crippen LogP contribution in [0.3, 0.4) is 0 Å². The van der Waals surface area contributed by atoms with Crippen molar-refractivity contribution >= 4 is 43.8 Å². The van der Waals surface area contributed by atoms with Crippen LogP contribution < -0.4 is 14.9 Å². The van der Waals surface area contributed by atoms with Gasteiger partial charge in [-0.15, -0.1) is 0 Å². The molecule has 0 bridgehead atoms. The summed E-state index contributed by atoms with van der Waals surface area (Å²) < 4.78 is 21.1. The molecule has 4 heterocycles. The molecule has 2 saturated carbocycles. The van der Waals surface area contributed by atoms with E-state index >= 15 is 0 Å². The second kappa shape index (κ2) is 9.05. The monoisotopic (exact) mass is 593 g/mol. The van der Waals surface area contributed by atoms with Crippen LogP contribution in [0.25, 0.3) is 15.9 Å². The van der Waals surface area contributed by atoms with Crippen molar-refractivity contribution in [1.29, 1.82) is 0 Å². The Morgan fingerprint density at radius 2 is 2.08 bits per heavy atom. The van der Waals surface area contributed by atoms with Gasteiger partial charge in [0.05, 0.1) is 0 Å². The van der Waals surface area contributed by atoms with Gasteiger partial charge in [-0.3, -0.25) is 0 Å². The number of nitrogens with one attached hydrogen (secondary N) is 2. The quantitative estimate of drug-likeness (QED) is 0.268. The number of alkyl halides is 1. The number of hydrogen-bond acceptors (Lipinski definition) is 8. The van der Waals surface area contributed by atoms with Gasteiger partial charge >= 0.3 is 226 Å². The number of anilines is 1. The zero-order valence-electron chi connectivity index (χ0n) is 21.4. The van der Waals surface area contributed by atoms with Crippen LogP contribution in [0.15, 0.2) is 17.2 Å². The standard InChI is InChI=1S/C25H32FN7O2SSe/c1-13(26)21-29-30-22(37-21)19-18(14-5-6-14)27-20-17(32-11-16(23(34)35)28-24(2,3)12-32)9-15(10-33(19)20)36-31-25(4)7-8-25/h9-10,13-14,16,28,31H,5-8,11-12H2,1-4H3,(H,34,35). The average molecular weight is 593 g/mol. The van der Waals surface area contributed by atoms with Crippen LogP contribution in [0.2, 0.25) is 0 Å². The van der Waals surface area contributed by atoms with Gasteiger partial charge in [-0.2, -0.15) is 0 Å². The number of rotatable bonds is 8. The van der Waals surface area contributed by atoms with Crippen molar-refractivity contribution in [3.8, 4) is 10.3 Å². The van der Waals surface area contributed by atoms with Crippen LogP contribution in [0.5, 0.6) is 0 Å². The van der Waals surface area contributed by atoms with Crippen molar-refractivity contribution in [2.75, 3.05) is 18.0 Å². The van der Waals surface area contributed by atoms with Gasteiger partial charge in [0.2, 0.25) is 0 Å². The van der Waals surface area contributed by atoms with E-state index in [-0.39, 0.29) is 20.0 Å². The maximum atomic E-state index is 14.1. The van der Waals surface area contributed by atoms with Crippen LogP contribution in [0.1, 0.15) is 75.7 Å². The maximum absolute atomic E-state index is 14.1. The molecule has 3 N–H and O–H groups in total. The van der Waals surface area contributed by atoms with Gasteiger partial charge in [0.1, 0.15) is 0 Å². The predicted octanol–water partition coefficient (Wildman–Crippen LogP) is 3.55. The molecular formula is C25H32FN7O2SSe. The molecule has 0 amide bonds. The van der Waals surface area contributed by atoms with Crippen LogP contribution in [0.4, 0.5) is 10.1 Å². The minimum absolute atomic E-state index is 0.140. The zero-order chi connectivity index (χ0) is 26.1. The molecule has 37 heavy (non-hydrogen) atoms. The number of fused-ring (bicyclic) bond motifs is 1. The first-order valence-corrected chi connectivity index (χ1v) is 15.3. The first-order valence-electron chi connectivity index (χ1n) is 12.8. The molecule has 2 unspecified atom stereocenters. The van der Waals surface area contributed by atoms with Gasteiger partial charge in [0, 0.05) is 0 Å². The second-order valence-corrected chi connectivity index (χ2v) is 14.5. The molecule has 3 aliphatic rings. The number of piperazine rings is 1. The average Bonchev–Trinajstić information content (AvgIpc) is 3.72. The van der Waals surface area contributed by atoms with E-state index in [1.807, 2.05) is 13.8 Å². The van der Waals surface area contributed by atoms with Gasteiger partial charge in [-0.05, 0) is 0 Å². The summed E-state index contributed by atoms with van der Waals surface area (Å²) in [6.45, 7) is 8.77. The molecule has 0 aromatic carbocycles. The van der Waals surface area contributed by atoms with E-state index in [1.165, 1.54) is 6.92 Å². The molecule has 9 nitrogen and oxygen atoms in total. The molecule has 3 fully saturated rings. The van der Waals surface area contributed by atoms with E-state index in [1.54, 1.807) is 11.9 Å². The number of aromatic nitrogens is 4. The summed E-state index contributed by atoms with van der Waals surface area (Å²) in [4.78, 5) is 20.3. The van der Waals surface area contributed by atoms with E-state index in [0.717, 1.165) is 57.9 Å². The first kappa shape index (κ1) is 25.3. The van der Waals surface area contributed by atoms with Crippen LogP contribution in [-0.4, -0.2) is 75.4 Å². The normalized spacial score (nSPS) is 23.4. The van der Waals surface area contributed by atoms with Gasteiger partial charge in [0.15, 0.2) is 0 Å². The van der Waals surface area contributed by atoms with E-state index < -0.39 is 23.7 Å². The third kappa shape index (κ3) is 5.06. The first-order chi connectivity index (χ1) is 17.5. The number of imidazole rings is 1. The Labute approximate surface area is 225 Å². The van der Waals surface area contributed by atoms with Crippen molar-refractivity contribution in [3.63, 3.8) is 0 Å². The molecule has 198 valence electrons. The van der Waals surface area contributed by atoms with Crippen molar-refractivity contribution in [2.24, 2.45) is 0 Å². The van der Waals surface area contributed by atoms with E-state index in [9.17, 15) is 14.3 Å². The Hall–Kier alpha value is -1.98. The SMILES string of the molecule is CC(F)c1nnc(-c2c(C3CC3)nc3c(N4CC(C(=O)O)NC(C)(C)C4)cc(SNC4(C)CC4)cn23)[se]1. The number of nitrogens with zero attached hydrogens (tertiary/aromatic N) is 5. The molecular weight excluding hydrogens is 560 g/mol. The molecule has 12 heteroatoms. The topological polar surface area (TPSA) is 108 Å². The molecule has 1 saturated heterocycles. The van der Waals surface area contributed by atoms with Gasteiger partial charge in [-0.25, -0.2) is 0 Å². The number of carboxylic acid groups (broad SMARTS) is 1. The Bertz CT molecular complexity index is 1360. The van der Waals surface area contributed by atoms with Crippen molar-refractivity contribution in [3.05, 3.63) is 22.5 Å². The fraction of sp³-hybridized carbons (Fsp3) is 0.600. The molecule has 3 aromatic heterocycles. The minimum atomic E-state index is -1.12. The second-order valence-electron chi connectivity index (χ2n) is 11.5. The Morgan fingerprint density at radius 1 is 1.32 bits per heavy atom. The summed E-state index contributed by atoms with van der Waals surface area (Å²) in [6.07, 6.45) is 5.40. The summed E-state index contributed by atoms with van der Waals surface area (Å²) >= 11 is 1.30. The molecule has 2 atom stereocenters. The van der Waals surface area contributed by atoms with Crippen LogP contribution in [-0.2, 0) is 4.79 Å². The number of carboxylic acids is 1. The zero-order valence-corrected chi connectivity index (χ0v) is 23.9. The van der Waals surface area contributed by atoms with Crippen LogP contribution in [0, 0.1) is 0 Å². The Kier molecular flexibility index (Phi) is 6.19. The van der Waals surface area contributed by atoms with E-state index in [0.29, 0.717) is 23.6 Å². The Morgan fingerprint density at radius 3 is 2.70 bits per heavy atom. The van der Waals surface area contributed by atoms with Gasteiger partial charge in [-0.1, -0.05) is 0 Å². The summed E-state index contributed by atoms with van der Waals surface area (Å²) in [5, 5.41) is 21.7. The molecule has 3 aromatic rings. The third-order valence-electron chi connectivity index (χ3n) is 7.26. The third-order valence-corrected chi connectivity index (χ3v) is 10.6. The predicted molar refractivity (Wildman–Crippen MR) is 142 cm³/mol. The van der Waals surface area contributed by atoms with Crippen molar-refractivity contribution in [2.45, 2.75) is 87.5 Å². The van der Waals surface area contributed by atoms with E-state index in [4.69, 9.17) is 4.98 Å². The van der Waals surface area contributed by atoms with Crippen molar-refractivity contribution < 1.29 is 14.3 Å². The number of carbonyl (C=O) groups is 1.